The molecule has 0 aliphatic carbocycles. The molecule has 0 radical (unpaired) electrons. The third-order valence-corrected chi connectivity index (χ3v) is 6.13. The molecule has 0 bridgehead atoms. The van der Waals surface area contributed by atoms with Gasteiger partial charge in [-0.25, -0.2) is 4.98 Å². The van der Waals surface area contributed by atoms with E-state index in [4.69, 9.17) is 9.72 Å². The van der Waals surface area contributed by atoms with Crippen molar-refractivity contribution < 1.29 is 9.29 Å². The van der Waals surface area contributed by atoms with Gasteiger partial charge in [0.25, 0.3) is 0 Å². The Balaban J connectivity index is 1.63. The van der Waals surface area contributed by atoms with Gasteiger partial charge in [0, 0.05) is 55.8 Å². The van der Waals surface area contributed by atoms with E-state index in [1.54, 1.807) is 18.6 Å². The number of hydrogen-bond donors (Lipinski definition) is 0. The van der Waals surface area contributed by atoms with Gasteiger partial charge in [-0.2, -0.15) is 0 Å². The number of ether oxygens (including phenoxy) is 1. The molecule has 3 heterocycles. The van der Waals surface area contributed by atoms with Crippen LogP contribution >= 0.6 is 0 Å². The first-order valence-corrected chi connectivity index (χ1v) is 11.5. The molecule has 152 valence electrons. The number of hydrogen-bond acceptors (Lipinski definition) is 5. The molecule has 1 aliphatic rings. The lowest BCUT2D eigenvalue weighted by Gasteiger charge is -2.26. The molecule has 6 nitrogen and oxygen atoms in total. The van der Waals surface area contributed by atoms with Crippen LogP contribution in [0.1, 0.15) is 6.42 Å². The van der Waals surface area contributed by atoms with Crippen molar-refractivity contribution in [2.75, 3.05) is 39.1 Å². The van der Waals surface area contributed by atoms with Crippen molar-refractivity contribution in [3.05, 3.63) is 55.1 Å². The smallest absolute Gasteiger partial charge is 0.153 e. The van der Waals surface area contributed by atoms with Gasteiger partial charge in [0.15, 0.2) is 4.90 Å². The summed E-state index contributed by atoms with van der Waals surface area (Å²) in [5.74, 6) is 0. The van der Waals surface area contributed by atoms with Crippen LogP contribution in [0.2, 0.25) is 0 Å². The Labute approximate surface area is 174 Å². The van der Waals surface area contributed by atoms with E-state index in [1.807, 2.05) is 36.7 Å². The second-order valence-corrected chi connectivity index (χ2v) is 8.54. The van der Waals surface area contributed by atoms with Gasteiger partial charge in [0.2, 0.25) is 0 Å². The Hall–Kier alpha value is -2.19. The zero-order valence-electron chi connectivity index (χ0n) is 16.7. The first-order chi connectivity index (χ1) is 14.2. The maximum Gasteiger partial charge on any atom is 0.153 e. The standard InChI is InChI=1S/C22H26N4O2S/c1-29(27)20-5-2-4-19(16-20)22-21(18-6-8-23-9-7-18)24-17-26(22)11-3-10-25-12-14-28-15-13-25/h2,4-9,16-17H,3,10-15H2,1H3. The summed E-state index contributed by atoms with van der Waals surface area (Å²) in [5.41, 5.74) is 4.06. The van der Waals surface area contributed by atoms with Gasteiger partial charge in [0.1, 0.15) is 6.26 Å². The lowest BCUT2D eigenvalue weighted by Crippen LogP contribution is -2.37. The third-order valence-electron chi connectivity index (χ3n) is 5.21. The molecule has 7 heteroatoms. The van der Waals surface area contributed by atoms with Gasteiger partial charge >= 0.3 is 0 Å². The van der Waals surface area contributed by atoms with Crippen LogP contribution in [0.4, 0.5) is 0 Å². The fourth-order valence-corrected chi connectivity index (χ4v) is 4.25. The summed E-state index contributed by atoms with van der Waals surface area (Å²) in [4.78, 5) is 12.1. The topological polar surface area (TPSA) is 66.2 Å². The van der Waals surface area contributed by atoms with Gasteiger partial charge < -0.3 is 13.9 Å². The first-order valence-electron chi connectivity index (χ1n) is 9.92. The monoisotopic (exact) mass is 410 g/mol. The van der Waals surface area contributed by atoms with E-state index in [0.29, 0.717) is 0 Å². The number of nitrogens with zero attached hydrogens (tertiary/aromatic N) is 4. The molecule has 3 aromatic rings. The van der Waals surface area contributed by atoms with Crippen LogP contribution in [-0.4, -0.2) is 63.1 Å². The zero-order chi connectivity index (χ0) is 20.1. The highest BCUT2D eigenvalue weighted by atomic mass is 32.2. The normalized spacial score (nSPS) is 16.1. The molecular weight excluding hydrogens is 384 g/mol. The quantitative estimate of drug-likeness (QED) is 0.560. The van der Waals surface area contributed by atoms with E-state index >= 15 is 0 Å². The lowest BCUT2D eigenvalue weighted by molar-refractivity contribution is 0.0369. The number of aromatic nitrogens is 3. The summed E-state index contributed by atoms with van der Waals surface area (Å²) in [6.07, 6.45) is 8.24. The van der Waals surface area contributed by atoms with Crippen molar-refractivity contribution in [1.82, 2.24) is 19.4 Å². The van der Waals surface area contributed by atoms with Crippen LogP contribution in [0, 0.1) is 0 Å². The Morgan fingerprint density at radius 1 is 1.07 bits per heavy atom. The molecule has 1 fully saturated rings. The van der Waals surface area contributed by atoms with Crippen LogP contribution < -0.4 is 0 Å². The van der Waals surface area contributed by atoms with Crippen molar-refractivity contribution >= 4 is 11.2 Å². The Kier molecular flexibility index (Phi) is 6.61. The molecule has 0 N–H and O–H groups in total. The number of imidazole rings is 1. The molecular formula is C22H26N4O2S. The molecule has 1 aromatic carbocycles. The molecule has 0 amide bonds. The predicted molar refractivity (Wildman–Crippen MR) is 115 cm³/mol. The predicted octanol–water partition coefficient (Wildman–Crippen LogP) is 3.07. The van der Waals surface area contributed by atoms with Crippen molar-refractivity contribution in [2.45, 2.75) is 17.9 Å². The number of morpholine rings is 1. The van der Waals surface area contributed by atoms with Crippen molar-refractivity contribution in [1.29, 1.82) is 0 Å². The van der Waals surface area contributed by atoms with Gasteiger partial charge in [-0.1, -0.05) is 12.1 Å². The fraction of sp³-hybridized carbons (Fsp3) is 0.364. The summed E-state index contributed by atoms with van der Waals surface area (Å²) in [6.45, 7) is 5.58. The highest BCUT2D eigenvalue weighted by molar-refractivity contribution is 7.90. The minimum absolute atomic E-state index is 0.823. The van der Waals surface area contributed by atoms with Crippen molar-refractivity contribution in [3.8, 4) is 22.5 Å². The maximum atomic E-state index is 12.0. The molecule has 1 saturated heterocycles. The van der Waals surface area contributed by atoms with E-state index in [1.165, 1.54) is 0 Å². The molecule has 1 unspecified atom stereocenters. The van der Waals surface area contributed by atoms with E-state index in [0.717, 1.165) is 73.2 Å². The summed E-state index contributed by atoms with van der Waals surface area (Å²) >= 11 is -1.03. The molecule has 4 rings (SSSR count). The van der Waals surface area contributed by atoms with Crippen LogP contribution in [0.5, 0.6) is 0 Å². The Bertz CT molecular complexity index is 924. The second kappa shape index (κ2) is 9.54. The van der Waals surface area contributed by atoms with E-state index in [9.17, 15) is 4.55 Å². The molecule has 0 saturated carbocycles. The molecule has 1 aliphatic heterocycles. The van der Waals surface area contributed by atoms with Gasteiger partial charge in [-0.15, -0.1) is 0 Å². The molecule has 29 heavy (non-hydrogen) atoms. The molecule has 0 spiro atoms. The summed E-state index contributed by atoms with van der Waals surface area (Å²) in [6, 6.07) is 11.9. The number of aryl methyl sites for hydroxylation is 1. The number of rotatable bonds is 7. The lowest BCUT2D eigenvalue weighted by atomic mass is 10.1. The van der Waals surface area contributed by atoms with Gasteiger partial charge in [-0.3, -0.25) is 9.88 Å². The SMILES string of the molecule is C[S+]([O-])c1cccc(-c2c(-c3ccncc3)ncn2CCCN2CCOCC2)c1. The third kappa shape index (κ3) is 4.87. The first kappa shape index (κ1) is 20.1. The summed E-state index contributed by atoms with van der Waals surface area (Å²) < 4.78 is 19.7. The largest absolute Gasteiger partial charge is 0.612 e. The Morgan fingerprint density at radius 2 is 1.86 bits per heavy atom. The summed E-state index contributed by atoms with van der Waals surface area (Å²) in [5, 5.41) is 0. The van der Waals surface area contributed by atoms with Crippen molar-refractivity contribution in [2.24, 2.45) is 0 Å². The second-order valence-electron chi connectivity index (χ2n) is 7.16. The maximum absolute atomic E-state index is 12.0. The van der Waals surface area contributed by atoms with Crippen molar-refractivity contribution in [3.63, 3.8) is 0 Å². The minimum atomic E-state index is -1.03. The number of pyridine rings is 1. The Morgan fingerprint density at radius 3 is 2.62 bits per heavy atom. The van der Waals surface area contributed by atoms with Gasteiger partial charge in [-0.05, 0) is 35.8 Å². The average molecular weight is 411 g/mol. The van der Waals surface area contributed by atoms with Crippen LogP contribution in [0.25, 0.3) is 22.5 Å². The van der Waals surface area contributed by atoms with E-state index < -0.39 is 11.2 Å². The van der Waals surface area contributed by atoms with E-state index in [-0.39, 0.29) is 0 Å². The molecule has 2 aromatic heterocycles. The summed E-state index contributed by atoms with van der Waals surface area (Å²) in [7, 11) is 0. The highest BCUT2D eigenvalue weighted by Gasteiger charge is 2.17. The number of benzene rings is 1. The van der Waals surface area contributed by atoms with Crippen LogP contribution in [0.15, 0.2) is 60.0 Å². The zero-order valence-corrected chi connectivity index (χ0v) is 17.5. The average Bonchev–Trinajstić information content (AvgIpc) is 3.19. The van der Waals surface area contributed by atoms with Gasteiger partial charge in [0.05, 0.1) is 30.9 Å². The van der Waals surface area contributed by atoms with E-state index in [2.05, 4.69) is 20.5 Å². The molecule has 1 atom stereocenters. The van der Waals surface area contributed by atoms with Crippen LogP contribution in [-0.2, 0) is 22.5 Å². The fourth-order valence-electron chi connectivity index (χ4n) is 3.69. The minimum Gasteiger partial charge on any atom is -0.612 e. The highest BCUT2D eigenvalue weighted by Crippen LogP contribution is 2.32. The van der Waals surface area contributed by atoms with Crippen LogP contribution in [0.3, 0.4) is 0 Å².